The van der Waals surface area contributed by atoms with Crippen LogP contribution in [0.2, 0.25) is 0 Å². The summed E-state index contributed by atoms with van der Waals surface area (Å²) in [6, 6.07) is 3.03. The maximum absolute atomic E-state index is 12.9. The summed E-state index contributed by atoms with van der Waals surface area (Å²) in [5.41, 5.74) is 0. The summed E-state index contributed by atoms with van der Waals surface area (Å²) in [6.45, 7) is 0. The summed E-state index contributed by atoms with van der Waals surface area (Å²) >= 11 is 0. The Morgan fingerprint density at radius 1 is 0.700 bits per heavy atom. The van der Waals surface area contributed by atoms with Crippen molar-refractivity contribution < 1.29 is 42.5 Å². The minimum atomic E-state index is -1.54. The van der Waals surface area contributed by atoms with Crippen molar-refractivity contribution in [1.29, 1.82) is 0 Å². The standard InChI is InChI=1S/C21H22O9/c22-16-14(17(23)28-20(27-16)7-1-2-8-20)13(12-6-5-11-26-12)15-18(24)29-21(30-19(15)25)9-3-4-10-21/h5-6,11,13-15H,1-4,7-10H2. The SMILES string of the molecule is O=C1OC2(CCCC2)OC(=O)C1C(c1ccco1)C1C(=O)OC2(CCCC2)OC1=O. The van der Waals surface area contributed by atoms with E-state index in [9.17, 15) is 19.2 Å². The van der Waals surface area contributed by atoms with Crippen molar-refractivity contribution in [1.82, 2.24) is 0 Å². The number of rotatable bonds is 3. The van der Waals surface area contributed by atoms with Gasteiger partial charge in [-0.1, -0.05) is 0 Å². The molecule has 30 heavy (non-hydrogen) atoms. The van der Waals surface area contributed by atoms with Gasteiger partial charge in [-0.25, -0.2) is 0 Å². The predicted molar refractivity (Wildman–Crippen MR) is 95.2 cm³/mol. The van der Waals surface area contributed by atoms with Crippen LogP contribution in [0.15, 0.2) is 22.8 Å². The van der Waals surface area contributed by atoms with E-state index >= 15 is 0 Å². The van der Waals surface area contributed by atoms with E-state index in [-0.39, 0.29) is 5.76 Å². The molecule has 2 spiro atoms. The molecule has 2 saturated carbocycles. The fourth-order valence-electron chi connectivity index (χ4n) is 5.05. The van der Waals surface area contributed by atoms with Crippen LogP contribution in [0.1, 0.15) is 63.0 Å². The van der Waals surface area contributed by atoms with E-state index in [2.05, 4.69) is 0 Å². The largest absolute Gasteiger partial charge is 0.469 e. The first-order valence-electron chi connectivity index (χ1n) is 10.4. The summed E-state index contributed by atoms with van der Waals surface area (Å²) < 4.78 is 27.5. The van der Waals surface area contributed by atoms with Gasteiger partial charge in [0.25, 0.3) is 11.6 Å². The van der Waals surface area contributed by atoms with Gasteiger partial charge in [-0.3, -0.25) is 19.2 Å². The van der Waals surface area contributed by atoms with Gasteiger partial charge in [-0.15, -0.1) is 0 Å². The molecule has 4 aliphatic rings. The fourth-order valence-corrected chi connectivity index (χ4v) is 5.05. The monoisotopic (exact) mass is 418 g/mol. The van der Waals surface area contributed by atoms with Gasteiger partial charge in [-0.2, -0.15) is 0 Å². The Bertz CT molecular complexity index is 778. The van der Waals surface area contributed by atoms with Crippen molar-refractivity contribution in [3.8, 4) is 0 Å². The molecule has 1 aromatic rings. The molecule has 2 aliphatic carbocycles. The van der Waals surface area contributed by atoms with E-state index in [1.807, 2.05) is 0 Å². The smallest absolute Gasteiger partial charge is 0.324 e. The Morgan fingerprint density at radius 2 is 1.10 bits per heavy atom. The summed E-state index contributed by atoms with van der Waals surface area (Å²) in [5.74, 6) is -10.1. The molecule has 9 heteroatoms. The third kappa shape index (κ3) is 2.98. The van der Waals surface area contributed by atoms with E-state index in [1.54, 1.807) is 0 Å². The van der Waals surface area contributed by atoms with Crippen molar-refractivity contribution in [2.75, 3.05) is 0 Å². The molecule has 2 aliphatic heterocycles. The van der Waals surface area contributed by atoms with Crippen LogP contribution in [0.4, 0.5) is 0 Å². The predicted octanol–water partition coefficient (Wildman–Crippen LogP) is 2.34. The number of hydrogen-bond acceptors (Lipinski definition) is 9. The summed E-state index contributed by atoms with van der Waals surface area (Å²) in [6.07, 6.45) is 6.14. The van der Waals surface area contributed by atoms with E-state index < -0.39 is 53.2 Å². The second kappa shape index (κ2) is 6.85. The van der Waals surface area contributed by atoms with Gasteiger partial charge in [0, 0.05) is 25.7 Å². The molecule has 0 unspecified atom stereocenters. The van der Waals surface area contributed by atoms with Crippen molar-refractivity contribution in [3.05, 3.63) is 24.2 Å². The fraction of sp³-hybridized carbons (Fsp3) is 0.619. The Balaban J connectivity index is 1.48. The molecule has 0 bridgehead atoms. The van der Waals surface area contributed by atoms with Crippen LogP contribution in [0.25, 0.3) is 0 Å². The van der Waals surface area contributed by atoms with Gasteiger partial charge >= 0.3 is 23.9 Å². The van der Waals surface area contributed by atoms with E-state index in [0.29, 0.717) is 25.7 Å². The van der Waals surface area contributed by atoms with Crippen molar-refractivity contribution >= 4 is 23.9 Å². The Kier molecular flexibility index (Phi) is 4.37. The minimum absolute atomic E-state index is 0.109. The third-order valence-electron chi connectivity index (χ3n) is 6.48. The lowest BCUT2D eigenvalue weighted by Crippen LogP contribution is -2.55. The van der Waals surface area contributed by atoms with Crippen LogP contribution in [-0.4, -0.2) is 35.5 Å². The van der Waals surface area contributed by atoms with E-state index in [1.165, 1.54) is 18.4 Å². The van der Waals surface area contributed by atoms with Crippen LogP contribution in [0.5, 0.6) is 0 Å². The van der Waals surface area contributed by atoms with Crippen molar-refractivity contribution in [3.63, 3.8) is 0 Å². The number of furan rings is 1. The molecule has 0 atom stereocenters. The van der Waals surface area contributed by atoms with Gasteiger partial charge < -0.3 is 23.4 Å². The van der Waals surface area contributed by atoms with Gasteiger partial charge in [0.2, 0.25) is 0 Å². The van der Waals surface area contributed by atoms with Gasteiger partial charge in [0.15, 0.2) is 11.8 Å². The third-order valence-corrected chi connectivity index (χ3v) is 6.48. The average Bonchev–Trinajstić information content (AvgIpc) is 3.42. The van der Waals surface area contributed by atoms with Crippen molar-refractivity contribution in [2.24, 2.45) is 11.8 Å². The van der Waals surface area contributed by atoms with Gasteiger partial charge in [-0.05, 0) is 37.8 Å². The second-order valence-corrected chi connectivity index (χ2v) is 8.42. The zero-order chi connectivity index (χ0) is 20.9. The van der Waals surface area contributed by atoms with Crippen LogP contribution in [-0.2, 0) is 38.1 Å². The molecule has 0 aromatic carbocycles. The zero-order valence-corrected chi connectivity index (χ0v) is 16.3. The maximum atomic E-state index is 12.9. The number of hydrogen-bond donors (Lipinski definition) is 0. The van der Waals surface area contributed by atoms with Gasteiger partial charge in [0.05, 0.1) is 12.2 Å². The lowest BCUT2D eigenvalue weighted by molar-refractivity contribution is -0.257. The van der Waals surface area contributed by atoms with E-state index in [0.717, 1.165) is 25.7 Å². The quantitative estimate of drug-likeness (QED) is 0.538. The van der Waals surface area contributed by atoms with Gasteiger partial charge in [0.1, 0.15) is 5.76 Å². The van der Waals surface area contributed by atoms with E-state index in [4.69, 9.17) is 23.4 Å². The normalized spacial score (nSPS) is 28.9. The number of esters is 4. The molecule has 4 fully saturated rings. The number of ether oxygens (including phenoxy) is 4. The molecule has 1 aromatic heterocycles. The topological polar surface area (TPSA) is 118 Å². The molecule has 9 nitrogen and oxygen atoms in total. The average molecular weight is 418 g/mol. The molecule has 0 amide bonds. The molecule has 0 N–H and O–H groups in total. The molecular formula is C21H22O9. The summed E-state index contributed by atoms with van der Waals surface area (Å²) in [5, 5.41) is 0. The van der Waals surface area contributed by atoms with Crippen LogP contribution in [0.3, 0.4) is 0 Å². The first-order chi connectivity index (χ1) is 14.4. The highest BCUT2D eigenvalue weighted by molar-refractivity contribution is 6.03. The first kappa shape index (κ1) is 19.1. The highest BCUT2D eigenvalue weighted by Gasteiger charge is 2.60. The molecule has 2 saturated heterocycles. The Morgan fingerprint density at radius 3 is 1.43 bits per heavy atom. The summed E-state index contributed by atoms with van der Waals surface area (Å²) in [7, 11) is 0. The maximum Gasteiger partial charge on any atom is 0.324 e. The highest BCUT2D eigenvalue weighted by atomic mass is 16.8. The van der Waals surface area contributed by atoms with Crippen LogP contribution < -0.4 is 0 Å². The minimum Gasteiger partial charge on any atom is -0.469 e. The Labute approximate surface area is 172 Å². The lowest BCUT2D eigenvalue weighted by Gasteiger charge is -2.41. The number of carbonyl (C=O) groups is 4. The molecule has 5 rings (SSSR count). The zero-order valence-electron chi connectivity index (χ0n) is 16.3. The second-order valence-electron chi connectivity index (χ2n) is 8.42. The number of carbonyl (C=O) groups excluding carboxylic acids is 4. The molecule has 0 radical (unpaired) electrons. The molecule has 160 valence electrons. The molecular weight excluding hydrogens is 396 g/mol. The lowest BCUT2D eigenvalue weighted by atomic mass is 9.78. The summed E-state index contributed by atoms with van der Waals surface area (Å²) in [4.78, 5) is 51.8. The van der Waals surface area contributed by atoms with Crippen molar-refractivity contribution in [2.45, 2.75) is 68.9 Å². The Hall–Kier alpha value is -2.84. The highest BCUT2D eigenvalue weighted by Crippen LogP contribution is 2.47. The molecule has 3 heterocycles. The van der Waals surface area contributed by atoms with Crippen LogP contribution in [0, 0.1) is 11.8 Å². The first-order valence-corrected chi connectivity index (χ1v) is 10.4. The van der Waals surface area contributed by atoms with Crippen LogP contribution >= 0.6 is 0 Å².